The molecule has 0 unspecified atom stereocenters. The van der Waals surface area contributed by atoms with Crippen molar-refractivity contribution in [3.63, 3.8) is 0 Å². The summed E-state index contributed by atoms with van der Waals surface area (Å²) >= 11 is 0. The van der Waals surface area contributed by atoms with Crippen LogP contribution in [0.2, 0.25) is 0 Å². The highest BCUT2D eigenvalue weighted by Gasteiger charge is 2.30. The number of amides is 2. The van der Waals surface area contributed by atoms with Gasteiger partial charge in [0.05, 0.1) is 31.6 Å². The van der Waals surface area contributed by atoms with E-state index in [0.717, 1.165) is 58.2 Å². The third-order valence-electron chi connectivity index (χ3n) is 10.7. The summed E-state index contributed by atoms with van der Waals surface area (Å²) in [5, 5.41) is 8.88. The Hall–Kier alpha value is -5.59. The molecule has 2 amide bonds. The molecule has 0 radical (unpaired) electrons. The molecule has 13 heteroatoms. The molecule has 8 rings (SSSR count). The summed E-state index contributed by atoms with van der Waals surface area (Å²) in [5.41, 5.74) is 7.20. The number of ether oxygens (including phenoxy) is 1. The maximum absolute atomic E-state index is 14.4. The highest BCUT2D eigenvalue weighted by atomic mass is 19.1. The van der Waals surface area contributed by atoms with Crippen LogP contribution in [0.3, 0.4) is 0 Å². The van der Waals surface area contributed by atoms with Crippen LogP contribution >= 0.6 is 0 Å². The Labute approximate surface area is 307 Å². The number of benzene rings is 1. The lowest BCUT2D eigenvalue weighted by atomic mass is 9.95. The highest BCUT2D eigenvalue weighted by Crippen LogP contribution is 2.40. The standard InChI is InChI=1S/C40H44FN9O3/c1-3-28-23-42-10-8-33(28)34-20-31(40(52)47-17-15-46(16-18-47)39-36(53-2)22-32(41)24-43-39)19-30-21-35(50(38(30)34)25-27-6-7-27)29-5-4-12-48(26-29)37(51)9-13-49-14-11-44-45-49/h5,8,10-11,14,19-24,27H,3-4,6-7,9,12-13,15-18,25-26H2,1-2H3. The van der Waals surface area contributed by atoms with Gasteiger partial charge >= 0.3 is 0 Å². The van der Waals surface area contributed by atoms with E-state index < -0.39 is 5.82 Å². The van der Waals surface area contributed by atoms with Gasteiger partial charge in [-0.25, -0.2) is 9.37 Å². The first kappa shape index (κ1) is 34.5. The molecule has 53 heavy (non-hydrogen) atoms. The monoisotopic (exact) mass is 717 g/mol. The van der Waals surface area contributed by atoms with Crippen LogP contribution in [0.25, 0.3) is 27.6 Å². The molecule has 0 spiro atoms. The zero-order chi connectivity index (χ0) is 36.5. The number of carbonyl (C=O) groups excluding carboxylic acids is 2. The first-order valence-corrected chi connectivity index (χ1v) is 18.6. The minimum atomic E-state index is -0.454. The summed E-state index contributed by atoms with van der Waals surface area (Å²) in [6.45, 7) is 6.80. The van der Waals surface area contributed by atoms with Crippen molar-refractivity contribution in [2.75, 3.05) is 51.3 Å². The first-order chi connectivity index (χ1) is 25.9. The van der Waals surface area contributed by atoms with Gasteiger partial charge in [0, 0.05) is 99.1 Å². The van der Waals surface area contributed by atoms with Crippen LogP contribution in [0.4, 0.5) is 10.2 Å². The number of methoxy groups -OCH3 is 1. The first-order valence-electron chi connectivity index (χ1n) is 18.6. The Balaban J connectivity index is 1.13. The van der Waals surface area contributed by atoms with Crippen LogP contribution in [0.15, 0.2) is 67.4 Å². The summed E-state index contributed by atoms with van der Waals surface area (Å²) in [5.74, 6) is 1.16. The number of pyridine rings is 2. The van der Waals surface area contributed by atoms with Gasteiger partial charge in [0.25, 0.3) is 5.91 Å². The number of hydrogen-bond acceptors (Lipinski definition) is 8. The molecule has 0 atom stereocenters. The number of anilines is 1. The number of fused-ring (bicyclic) bond motifs is 1. The van der Waals surface area contributed by atoms with E-state index in [-0.39, 0.29) is 11.8 Å². The summed E-state index contributed by atoms with van der Waals surface area (Å²) in [7, 11) is 1.51. The van der Waals surface area contributed by atoms with Gasteiger partial charge < -0.3 is 24.0 Å². The topological polar surface area (TPSA) is 115 Å². The summed E-state index contributed by atoms with van der Waals surface area (Å²) in [6.07, 6.45) is 15.0. The number of hydrogen-bond donors (Lipinski definition) is 0. The van der Waals surface area contributed by atoms with E-state index in [1.165, 1.54) is 32.2 Å². The van der Waals surface area contributed by atoms with Crippen LogP contribution in [0.1, 0.15) is 54.2 Å². The van der Waals surface area contributed by atoms with Gasteiger partial charge in [0.15, 0.2) is 11.6 Å². The maximum atomic E-state index is 14.4. The Morgan fingerprint density at radius 3 is 2.58 bits per heavy atom. The predicted molar refractivity (Wildman–Crippen MR) is 200 cm³/mol. The quantitative estimate of drug-likeness (QED) is 0.177. The number of aromatic nitrogens is 6. The molecule has 12 nitrogen and oxygen atoms in total. The van der Waals surface area contributed by atoms with E-state index in [9.17, 15) is 14.0 Å². The predicted octanol–water partition coefficient (Wildman–Crippen LogP) is 5.48. The number of carbonyl (C=O) groups is 2. The van der Waals surface area contributed by atoms with Crippen molar-refractivity contribution in [1.82, 2.24) is 39.3 Å². The Morgan fingerprint density at radius 2 is 1.83 bits per heavy atom. The fourth-order valence-corrected chi connectivity index (χ4v) is 7.70. The zero-order valence-electron chi connectivity index (χ0n) is 30.2. The summed E-state index contributed by atoms with van der Waals surface area (Å²) in [4.78, 5) is 42.4. The Morgan fingerprint density at radius 1 is 0.981 bits per heavy atom. The molecular formula is C40H44FN9O3. The van der Waals surface area contributed by atoms with Gasteiger partial charge in [0.2, 0.25) is 5.91 Å². The van der Waals surface area contributed by atoms with Crippen molar-refractivity contribution in [2.45, 2.75) is 52.1 Å². The van der Waals surface area contributed by atoms with Crippen molar-refractivity contribution in [2.24, 2.45) is 5.92 Å². The van der Waals surface area contributed by atoms with E-state index in [4.69, 9.17) is 4.74 Å². The molecule has 1 aromatic carbocycles. The minimum Gasteiger partial charge on any atom is -0.493 e. The van der Waals surface area contributed by atoms with Crippen molar-refractivity contribution in [3.8, 4) is 16.9 Å². The van der Waals surface area contributed by atoms with Gasteiger partial charge in [-0.3, -0.25) is 19.3 Å². The molecule has 2 aliphatic heterocycles. The largest absolute Gasteiger partial charge is 0.493 e. The second-order valence-electron chi connectivity index (χ2n) is 14.1. The smallest absolute Gasteiger partial charge is 0.254 e. The molecule has 6 heterocycles. The average molecular weight is 718 g/mol. The molecule has 2 fully saturated rings. The third-order valence-corrected chi connectivity index (χ3v) is 10.7. The molecule has 5 aromatic rings. The molecule has 1 saturated heterocycles. The van der Waals surface area contributed by atoms with Crippen LogP contribution < -0.4 is 9.64 Å². The van der Waals surface area contributed by atoms with Crippen molar-refractivity contribution < 1.29 is 18.7 Å². The Kier molecular flexibility index (Phi) is 9.63. The van der Waals surface area contributed by atoms with E-state index in [1.807, 2.05) is 33.2 Å². The summed E-state index contributed by atoms with van der Waals surface area (Å²) < 4.78 is 23.4. The number of halogens is 1. The number of aryl methyl sites for hydroxylation is 2. The number of piperazine rings is 1. The molecule has 4 aromatic heterocycles. The van der Waals surface area contributed by atoms with E-state index in [2.05, 4.69) is 56.0 Å². The van der Waals surface area contributed by atoms with Crippen LogP contribution in [0, 0.1) is 11.7 Å². The van der Waals surface area contributed by atoms with Gasteiger partial charge in [-0.1, -0.05) is 18.2 Å². The van der Waals surface area contributed by atoms with Crippen LogP contribution in [-0.2, 0) is 24.3 Å². The lowest BCUT2D eigenvalue weighted by Gasteiger charge is -2.36. The normalized spacial score (nSPS) is 16.3. The molecule has 0 bridgehead atoms. The van der Waals surface area contributed by atoms with E-state index in [1.54, 1.807) is 17.1 Å². The lowest BCUT2D eigenvalue weighted by molar-refractivity contribution is -0.131. The van der Waals surface area contributed by atoms with Crippen molar-refractivity contribution >= 4 is 34.1 Å². The van der Waals surface area contributed by atoms with Crippen LogP contribution in [0.5, 0.6) is 5.75 Å². The van der Waals surface area contributed by atoms with Gasteiger partial charge in [0.1, 0.15) is 5.82 Å². The molecule has 3 aliphatic rings. The van der Waals surface area contributed by atoms with E-state index in [0.29, 0.717) is 75.3 Å². The second kappa shape index (κ2) is 14.8. The van der Waals surface area contributed by atoms with Crippen molar-refractivity contribution in [1.29, 1.82) is 0 Å². The van der Waals surface area contributed by atoms with Gasteiger partial charge in [-0.2, -0.15) is 0 Å². The minimum absolute atomic E-state index is 0.0311. The van der Waals surface area contributed by atoms with Crippen molar-refractivity contribution in [3.05, 3.63) is 90.0 Å². The third kappa shape index (κ3) is 7.12. The molecule has 1 saturated carbocycles. The molecule has 0 N–H and O–H groups in total. The van der Waals surface area contributed by atoms with Gasteiger partial charge in [-0.15, -0.1) is 5.10 Å². The fourth-order valence-electron chi connectivity index (χ4n) is 7.70. The van der Waals surface area contributed by atoms with Crippen LogP contribution in [-0.4, -0.2) is 97.5 Å². The molecular weight excluding hydrogens is 673 g/mol. The average Bonchev–Trinajstić information content (AvgIpc) is 3.72. The lowest BCUT2D eigenvalue weighted by Crippen LogP contribution is -2.49. The highest BCUT2D eigenvalue weighted by molar-refractivity contribution is 6.05. The molecule has 274 valence electrons. The number of nitrogens with zero attached hydrogens (tertiary/aromatic N) is 9. The SMILES string of the molecule is CCc1cnccc1-c1cc(C(=O)N2CCN(c3ncc(F)cc3OC)CC2)cc2cc(C3=CCCN(C(=O)CCn4ccnn4)C3)n(CC3CC3)c12. The second-order valence-corrected chi connectivity index (χ2v) is 14.1. The molecule has 1 aliphatic carbocycles. The number of rotatable bonds is 11. The maximum Gasteiger partial charge on any atom is 0.254 e. The van der Waals surface area contributed by atoms with E-state index >= 15 is 0 Å². The Bertz CT molecular complexity index is 2170. The fraction of sp³-hybridized carbons (Fsp3) is 0.400. The van der Waals surface area contributed by atoms with Gasteiger partial charge in [-0.05, 0) is 72.6 Å². The summed E-state index contributed by atoms with van der Waals surface area (Å²) in [6, 6.07) is 9.74. The zero-order valence-corrected chi connectivity index (χ0v) is 30.2.